The number of amides is 3. The Balaban J connectivity index is 1.37. The maximum Gasteiger partial charge on any atom is 0.329 e. The smallest absolute Gasteiger partial charge is 0.329 e. The molecule has 0 bridgehead atoms. The van der Waals surface area contributed by atoms with Crippen LogP contribution in [0.5, 0.6) is 11.5 Å². The van der Waals surface area contributed by atoms with Crippen LogP contribution in [0.25, 0.3) is 5.57 Å². The summed E-state index contributed by atoms with van der Waals surface area (Å²) >= 11 is 0. The molecular weight excluding hydrogens is 432 g/mol. The van der Waals surface area contributed by atoms with E-state index in [4.69, 9.17) is 4.74 Å². The number of imide groups is 1. The Bertz CT molecular complexity index is 1090. The fourth-order valence-electron chi connectivity index (χ4n) is 4.61. The van der Waals surface area contributed by atoms with Crippen molar-refractivity contribution in [3.8, 4) is 11.5 Å². The zero-order valence-electron chi connectivity index (χ0n) is 19.7. The van der Waals surface area contributed by atoms with Crippen molar-refractivity contribution in [2.45, 2.75) is 45.4 Å². The number of ether oxygens (including phenoxy) is 1. The number of anilines is 1. The number of likely N-dealkylation sites (tertiary alicyclic amines) is 1. The average molecular weight is 463 g/mol. The molecule has 0 unspecified atom stereocenters. The normalized spacial score (nSPS) is 17.5. The second-order valence-corrected chi connectivity index (χ2v) is 8.86. The number of rotatable bonds is 6. The molecule has 1 aliphatic carbocycles. The minimum Gasteiger partial charge on any atom is -0.456 e. The molecule has 2 aromatic rings. The van der Waals surface area contributed by atoms with Crippen LogP contribution in [0.1, 0.15) is 51.1 Å². The van der Waals surface area contributed by atoms with Crippen LogP contribution in [0, 0.1) is 5.41 Å². The van der Waals surface area contributed by atoms with Crippen molar-refractivity contribution < 1.29 is 14.3 Å². The predicted octanol–water partition coefficient (Wildman–Crippen LogP) is 4.89. The molecule has 1 aliphatic heterocycles. The maximum atomic E-state index is 12.9. The monoisotopic (exact) mass is 462 g/mol. The Hall–Kier alpha value is -3.75. The van der Waals surface area contributed by atoms with E-state index < -0.39 is 6.03 Å². The minimum atomic E-state index is -0.423. The second kappa shape index (κ2) is 10.0. The number of carbonyl (C=O) groups is 2. The molecule has 9 nitrogen and oxygen atoms in total. The number of hydrazone groups is 1. The molecule has 1 saturated heterocycles. The van der Waals surface area contributed by atoms with E-state index in [1.807, 2.05) is 19.2 Å². The van der Waals surface area contributed by atoms with E-state index >= 15 is 0 Å². The van der Waals surface area contributed by atoms with Crippen molar-refractivity contribution in [2.75, 3.05) is 18.9 Å². The summed E-state index contributed by atoms with van der Waals surface area (Å²) in [6, 6.07) is 6.52. The van der Waals surface area contributed by atoms with Crippen LogP contribution in [-0.2, 0) is 4.79 Å². The van der Waals surface area contributed by atoms with E-state index in [-0.39, 0.29) is 11.3 Å². The zero-order chi connectivity index (χ0) is 24.1. The molecule has 3 amide bonds. The molecule has 0 atom stereocenters. The predicted molar refractivity (Wildman–Crippen MR) is 130 cm³/mol. The number of allylic oxidation sites excluding steroid dienone is 1. The Labute approximate surface area is 199 Å². The molecule has 0 radical (unpaired) electrons. The Morgan fingerprint density at radius 1 is 1.21 bits per heavy atom. The third-order valence-electron chi connectivity index (χ3n) is 6.51. The largest absolute Gasteiger partial charge is 0.456 e. The van der Waals surface area contributed by atoms with Gasteiger partial charge < -0.3 is 4.74 Å². The number of pyridine rings is 2. The number of hydrogen-bond donors (Lipinski definition) is 1. The van der Waals surface area contributed by atoms with Gasteiger partial charge in [0, 0.05) is 38.8 Å². The van der Waals surface area contributed by atoms with Gasteiger partial charge in [0.1, 0.15) is 17.3 Å². The van der Waals surface area contributed by atoms with Gasteiger partial charge >= 0.3 is 6.03 Å². The summed E-state index contributed by atoms with van der Waals surface area (Å²) in [7, 11) is 1.79. The fourth-order valence-corrected chi connectivity index (χ4v) is 4.61. The minimum absolute atomic E-state index is 0.0439. The summed E-state index contributed by atoms with van der Waals surface area (Å²) in [5, 5.41) is 8.15. The summed E-state index contributed by atoms with van der Waals surface area (Å²) in [5.74, 6) is 1.44. The molecule has 2 fully saturated rings. The Kier molecular flexibility index (Phi) is 6.90. The summed E-state index contributed by atoms with van der Waals surface area (Å²) in [5.41, 5.74) is 1.31. The SMILES string of the molecule is C=NN(C)/C=C(\C)c1cc(Oc2ccc(NC(=O)N3CCC4(CCCCC4)C3=O)nc2)ccn1. The number of urea groups is 1. The molecule has 178 valence electrons. The molecule has 9 heteroatoms. The molecular formula is C25H30N6O3. The van der Waals surface area contributed by atoms with Crippen LogP contribution in [0.3, 0.4) is 0 Å². The van der Waals surface area contributed by atoms with Crippen molar-refractivity contribution in [1.29, 1.82) is 0 Å². The number of hydrogen-bond acceptors (Lipinski definition) is 7. The lowest BCUT2D eigenvalue weighted by molar-refractivity contribution is -0.135. The first kappa shape index (κ1) is 23.4. The lowest BCUT2D eigenvalue weighted by Gasteiger charge is -2.31. The van der Waals surface area contributed by atoms with Crippen LogP contribution in [0.2, 0.25) is 0 Å². The zero-order valence-corrected chi connectivity index (χ0v) is 19.7. The van der Waals surface area contributed by atoms with Crippen molar-refractivity contribution in [2.24, 2.45) is 10.5 Å². The van der Waals surface area contributed by atoms with Gasteiger partial charge in [-0.1, -0.05) is 19.3 Å². The van der Waals surface area contributed by atoms with Gasteiger partial charge in [-0.3, -0.25) is 25.0 Å². The summed E-state index contributed by atoms with van der Waals surface area (Å²) in [6.45, 7) is 5.87. The van der Waals surface area contributed by atoms with Crippen LogP contribution in [0.4, 0.5) is 10.6 Å². The number of carbonyl (C=O) groups excluding carboxylic acids is 2. The average Bonchev–Trinajstić information content (AvgIpc) is 3.16. The highest BCUT2D eigenvalue weighted by molar-refractivity contribution is 6.04. The Morgan fingerprint density at radius 3 is 2.71 bits per heavy atom. The van der Waals surface area contributed by atoms with Gasteiger partial charge in [0.15, 0.2) is 0 Å². The standard InChI is InChI=1S/C25H30N6O3/c1-18(17-30(3)26-2)21-15-19(9-13-27-21)34-20-7-8-22(28-16-20)29-24(33)31-14-12-25(23(31)32)10-5-4-6-11-25/h7-9,13,15-17H,2,4-6,10-12,14H2,1,3H3,(H,28,29,33)/b18-17+. The van der Waals surface area contributed by atoms with Gasteiger partial charge in [0.05, 0.1) is 17.3 Å². The maximum absolute atomic E-state index is 12.9. The van der Waals surface area contributed by atoms with E-state index in [0.717, 1.165) is 43.4 Å². The van der Waals surface area contributed by atoms with Crippen molar-refractivity contribution in [1.82, 2.24) is 19.9 Å². The number of aromatic nitrogens is 2. The topological polar surface area (TPSA) is 100 Å². The van der Waals surface area contributed by atoms with Gasteiger partial charge in [-0.05, 0) is 50.0 Å². The highest BCUT2D eigenvalue weighted by atomic mass is 16.5. The molecule has 0 aromatic carbocycles. The molecule has 34 heavy (non-hydrogen) atoms. The quantitative estimate of drug-likeness (QED) is 0.485. The summed E-state index contributed by atoms with van der Waals surface area (Å²) in [6.07, 6.45) is 10.8. The van der Waals surface area contributed by atoms with Crippen molar-refractivity contribution in [3.05, 3.63) is 48.6 Å². The molecule has 2 aromatic heterocycles. The van der Waals surface area contributed by atoms with E-state index in [0.29, 0.717) is 23.9 Å². The van der Waals surface area contributed by atoms with E-state index in [1.54, 1.807) is 36.5 Å². The van der Waals surface area contributed by atoms with Gasteiger partial charge in [-0.25, -0.2) is 9.78 Å². The van der Waals surface area contributed by atoms with E-state index in [2.05, 4.69) is 27.1 Å². The van der Waals surface area contributed by atoms with Crippen molar-refractivity contribution >= 4 is 30.0 Å². The molecule has 3 heterocycles. The lowest BCUT2D eigenvalue weighted by atomic mass is 9.73. The summed E-state index contributed by atoms with van der Waals surface area (Å²) < 4.78 is 5.90. The third kappa shape index (κ3) is 5.08. The number of nitrogens with zero attached hydrogens (tertiary/aromatic N) is 5. The van der Waals surface area contributed by atoms with Crippen LogP contribution in [-0.4, -0.2) is 52.1 Å². The van der Waals surface area contributed by atoms with Gasteiger partial charge in [0.2, 0.25) is 5.91 Å². The van der Waals surface area contributed by atoms with Gasteiger partial charge in [0.25, 0.3) is 0 Å². The molecule has 1 spiro atoms. The second-order valence-electron chi connectivity index (χ2n) is 8.86. The highest BCUT2D eigenvalue weighted by Gasteiger charge is 2.48. The first-order valence-corrected chi connectivity index (χ1v) is 11.5. The van der Waals surface area contributed by atoms with Crippen LogP contribution in [0.15, 0.2) is 48.0 Å². The fraction of sp³-hybridized carbons (Fsp3) is 0.400. The van der Waals surface area contributed by atoms with E-state index in [9.17, 15) is 9.59 Å². The van der Waals surface area contributed by atoms with Crippen molar-refractivity contribution in [3.63, 3.8) is 0 Å². The molecule has 2 aliphatic rings. The number of nitrogens with one attached hydrogen (secondary N) is 1. The summed E-state index contributed by atoms with van der Waals surface area (Å²) in [4.78, 5) is 35.6. The van der Waals surface area contributed by atoms with Gasteiger partial charge in [-0.15, -0.1) is 0 Å². The molecule has 1 saturated carbocycles. The van der Waals surface area contributed by atoms with Crippen LogP contribution < -0.4 is 10.1 Å². The Morgan fingerprint density at radius 2 is 2.00 bits per heavy atom. The third-order valence-corrected chi connectivity index (χ3v) is 6.51. The lowest BCUT2D eigenvalue weighted by Crippen LogP contribution is -2.41. The van der Waals surface area contributed by atoms with E-state index in [1.165, 1.54) is 17.5 Å². The molecule has 1 N–H and O–H groups in total. The highest BCUT2D eigenvalue weighted by Crippen LogP contribution is 2.44. The first-order chi connectivity index (χ1) is 16.4. The molecule has 4 rings (SSSR count). The van der Waals surface area contributed by atoms with Gasteiger partial charge in [-0.2, -0.15) is 5.10 Å². The van der Waals surface area contributed by atoms with Crippen LogP contribution >= 0.6 is 0 Å². The first-order valence-electron chi connectivity index (χ1n) is 11.5.